The van der Waals surface area contributed by atoms with Crippen molar-refractivity contribution in [2.45, 2.75) is 13.3 Å². The van der Waals surface area contributed by atoms with E-state index >= 15 is 0 Å². The highest BCUT2D eigenvalue weighted by atomic mass is 35.5. The van der Waals surface area contributed by atoms with E-state index in [0.29, 0.717) is 0 Å². The van der Waals surface area contributed by atoms with Gasteiger partial charge in [0.25, 0.3) is 0 Å². The molecule has 0 radical (unpaired) electrons. The molecule has 0 aromatic rings. The number of allylic oxidation sites excluding steroid dienone is 1. The van der Waals surface area contributed by atoms with E-state index in [4.69, 9.17) is 17.3 Å². The molecule has 1 nitrogen and oxygen atoms in total. The van der Waals surface area contributed by atoms with Crippen molar-refractivity contribution in [1.29, 1.82) is 0 Å². The van der Waals surface area contributed by atoms with Crippen molar-refractivity contribution in [3.8, 4) is 0 Å². The summed E-state index contributed by atoms with van der Waals surface area (Å²) in [7, 11) is 0. The molecule has 0 aliphatic heterocycles. The van der Waals surface area contributed by atoms with Crippen LogP contribution in [0.4, 0.5) is 0 Å². The molecule has 0 rings (SSSR count). The summed E-state index contributed by atoms with van der Waals surface area (Å²) in [5, 5.41) is 0.875. The zero-order valence-corrected chi connectivity index (χ0v) is 7.84. The Hall–Kier alpha value is 0.340. The lowest BCUT2D eigenvalue weighted by molar-refractivity contribution is 0.944. The van der Waals surface area contributed by atoms with Crippen molar-refractivity contribution < 1.29 is 0 Å². The Balaban J connectivity index is 2.98. The molecule has 0 unspecified atom stereocenters. The first-order chi connectivity index (χ1) is 4.77. The van der Waals surface area contributed by atoms with Crippen LogP contribution < -0.4 is 5.73 Å². The molecule has 3 heteroatoms. The van der Waals surface area contributed by atoms with Crippen molar-refractivity contribution in [1.82, 2.24) is 0 Å². The van der Waals surface area contributed by atoms with E-state index in [1.807, 2.05) is 24.8 Å². The Morgan fingerprint density at radius 2 is 2.40 bits per heavy atom. The molecule has 0 aliphatic carbocycles. The normalized spacial score (nSPS) is 12.1. The maximum Gasteiger partial charge on any atom is 0.0127 e. The molecule has 60 valence electrons. The van der Waals surface area contributed by atoms with E-state index in [1.165, 1.54) is 0 Å². The van der Waals surface area contributed by atoms with Crippen molar-refractivity contribution in [3.63, 3.8) is 0 Å². The second kappa shape index (κ2) is 7.45. The molecule has 0 amide bonds. The van der Waals surface area contributed by atoms with Gasteiger partial charge >= 0.3 is 0 Å². The van der Waals surface area contributed by atoms with Gasteiger partial charge in [-0.2, -0.15) is 11.8 Å². The third kappa shape index (κ3) is 8.34. The number of rotatable bonds is 5. The maximum absolute atomic E-state index is 5.61. The average Bonchev–Trinajstić information content (AvgIpc) is 1.87. The highest BCUT2D eigenvalue weighted by Crippen LogP contribution is 2.05. The van der Waals surface area contributed by atoms with Crippen molar-refractivity contribution in [3.05, 3.63) is 11.1 Å². The summed E-state index contributed by atoms with van der Waals surface area (Å²) in [4.78, 5) is 0. The van der Waals surface area contributed by atoms with Crippen LogP contribution >= 0.6 is 23.4 Å². The molecule has 0 fully saturated rings. The third-order valence-corrected chi connectivity index (χ3v) is 2.11. The molecule has 0 bridgehead atoms. The third-order valence-electron chi connectivity index (χ3n) is 0.975. The fourth-order valence-corrected chi connectivity index (χ4v) is 1.52. The molecular weight excluding hydrogens is 166 g/mol. The smallest absolute Gasteiger partial charge is 0.0127 e. The molecule has 0 aliphatic rings. The van der Waals surface area contributed by atoms with E-state index in [2.05, 4.69) is 0 Å². The topological polar surface area (TPSA) is 26.0 Å². The zero-order chi connectivity index (χ0) is 7.82. The summed E-state index contributed by atoms with van der Waals surface area (Å²) >= 11 is 7.48. The van der Waals surface area contributed by atoms with E-state index in [1.54, 1.807) is 0 Å². The fourth-order valence-electron chi connectivity index (χ4n) is 0.442. The van der Waals surface area contributed by atoms with Crippen LogP contribution in [0.3, 0.4) is 0 Å². The van der Waals surface area contributed by atoms with Crippen LogP contribution in [0.15, 0.2) is 11.1 Å². The average molecular weight is 180 g/mol. The standard InChI is InChI=1S/C7H14ClNS/c1-7(8)3-6-10-5-2-4-9/h3H,2,4-6,9H2,1H3. The van der Waals surface area contributed by atoms with E-state index in [-0.39, 0.29) is 0 Å². The van der Waals surface area contributed by atoms with Gasteiger partial charge in [0.2, 0.25) is 0 Å². The summed E-state index contributed by atoms with van der Waals surface area (Å²) in [6, 6.07) is 0. The summed E-state index contributed by atoms with van der Waals surface area (Å²) in [5.74, 6) is 2.15. The largest absolute Gasteiger partial charge is 0.330 e. The molecule has 0 spiro atoms. The number of halogens is 1. The minimum Gasteiger partial charge on any atom is -0.330 e. The van der Waals surface area contributed by atoms with Gasteiger partial charge in [-0.1, -0.05) is 17.7 Å². The number of hydrogen-bond donors (Lipinski definition) is 1. The van der Waals surface area contributed by atoms with Gasteiger partial charge in [0, 0.05) is 10.8 Å². The van der Waals surface area contributed by atoms with Gasteiger partial charge in [0.05, 0.1) is 0 Å². The first kappa shape index (κ1) is 10.3. The molecule has 0 aromatic heterocycles. The highest BCUT2D eigenvalue weighted by molar-refractivity contribution is 7.99. The van der Waals surface area contributed by atoms with Gasteiger partial charge in [0.15, 0.2) is 0 Å². The Labute approximate surface area is 72.0 Å². The molecule has 10 heavy (non-hydrogen) atoms. The Kier molecular flexibility index (Phi) is 7.70. The first-order valence-electron chi connectivity index (χ1n) is 3.37. The second-order valence-electron chi connectivity index (χ2n) is 2.01. The van der Waals surface area contributed by atoms with Crippen LogP contribution in [0.1, 0.15) is 13.3 Å². The fraction of sp³-hybridized carbons (Fsp3) is 0.714. The van der Waals surface area contributed by atoms with Gasteiger partial charge in [0.1, 0.15) is 0 Å². The van der Waals surface area contributed by atoms with Crippen LogP contribution in [0.2, 0.25) is 0 Å². The summed E-state index contributed by atoms with van der Waals surface area (Å²) in [5.41, 5.74) is 5.32. The first-order valence-corrected chi connectivity index (χ1v) is 4.90. The van der Waals surface area contributed by atoms with Crippen molar-refractivity contribution in [2.24, 2.45) is 5.73 Å². The number of thioether (sulfide) groups is 1. The molecule has 0 atom stereocenters. The quantitative estimate of drug-likeness (QED) is 0.655. The Bertz CT molecular complexity index is 99.8. The van der Waals surface area contributed by atoms with Crippen LogP contribution in [0.25, 0.3) is 0 Å². The molecule has 0 heterocycles. The van der Waals surface area contributed by atoms with E-state index in [9.17, 15) is 0 Å². The van der Waals surface area contributed by atoms with E-state index in [0.717, 1.165) is 29.5 Å². The predicted octanol–water partition coefficient (Wildman–Crippen LogP) is 2.21. The molecular formula is C7H14ClNS. The molecule has 0 saturated carbocycles. The summed E-state index contributed by atoms with van der Waals surface area (Å²) in [6.07, 6.45) is 3.11. The minimum absolute atomic E-state index is 0.788. The molecule has 0 saturated heterocycles. The van der Waals surface area contributed by atoms with E-state index < -0.39 is 0 Å². The Morgan fingerprint density at radius 1 is 1.70 bits per heavy atom. The minimum atomic E-state index is 0.788. The monoisotopic (exact) mass is 179 g/mol. The lowest BCUT2D eigenvalue weighted by atomic mass is 10.5. The predicted molar refractivity (Wildman–Crippen MR) is 50.6 cm³/mol. The lowest BCUT2D eigenvalue weighted by Gasteiger charge is -1.94. The summed E-state index contributed by atoms with van der Waals surface area (Å²) < 4.78 is 0. The van der Waals surface area contributed by atoms with Gasteiger partial charge in [-0.25, -0.2) is 0 Å². The van der Waals surface area contributed by atoms with Crippen molar-refractivity contribution in [2.75, 3.05) is 18.1 Å². The van der Waals surface area contributed by atoms with Crippen LogP contribution in [-0.4, -0.2) is 18.1 Å². The summed E-state index contributed by atoms with van der Waals surface area (Å²) in [6.45, 7) is 2.68. The lowest BCUT2D eigenvalue weighted by Crippen LogP contribution is -1.99. The Morgan fingerprint density at radius 3 is 2.90 bits per heavy atom. The van der Waals surface area contributed by atoms with Gasteiger partial charge < -0.3 is 5.73 Å². The van der Waals surface area contributed by atoms with Gasteiger partial charge in [-0.3, -0.25) is 0 Å². The zero-order valence-electron chi connectivity index (χ0n) is 6.27. The second-order valence-corrected chi connectivity index (χ2v) is 3.75. The van der Waals surface area contributed by atoms with Crippen molar-refractivity contribution >= 4 is 23.4 Å². The molecule has 0 aromatic carbocycles. The molecule has 2 N–H and O–H groups in total. The van der Waals surface area contributed by atoms with Crippen LogP contribution in [0.5, 0.6) is 0 Å². The van der Waals surface area contributed by atoms with Crippen LogP contribution in [-0.2, 0) is 0 Å². The number of nitrogens with two attached hydrogens (primary N) is 1. The number of hydrogen-bond acceptors (Lipinski definition) is 2. The SMILES string of the molecule is CC(Cl)=CCSCCCN. The van der Waals surface area contributed by atoms with Gasteiger partial charge in [-0.15, -0.1) is 0 Å². The maximum atomic E-state index is 5.61. The highest BCUT2D eigenvalue weighted by Gasteiger charge is 1.85. The van der Waals surface area contributed by atoms with Gasteiger partial charge in [-0.05, 0) is 25.6 Å². The van der Waals surface area contributed by atoms with Crippen LogP contribution in [0, 0.1) is 0 Å².